The van der Waals surface area contributed by atoms with Gasteiger partial charge in [-0.25, -0.2) is 0 Å². The van der Waals surface area contributed by atoms with Crippen LogP contribution in [0.1, 0.15) is 11.1 Å². The minimum absolute atomic E-state index is 0.0970. The van der Waals surface area contributed by atoms with Gasteiger partial charge >= 0.3 is 0 Å². The molecular formula is C19H12Cl2N2O. The van der Waals surface area contributed by atoms with Crippen LogP contribution in [0.5, 0.6) is 0 Å². The molecule has 24 heavy (non-hydrogen) atoms. The zero-order valence-corrected chi connectivity index (χ0v) is 14.1. The molecule has 0 saturated carbocycles. The molecule has 0 unspecified atom stereocenters. The van der Waals surface area contributed by atoms with Gasteiger partial charge in [0.15, 0.2) is 0 Å². The van der Waals surface area contributed by atoms with E-state index in [4.69, 9.17) is 28.5 Å². The van der Waals surface area contributed by atoms with Crippen molar-refractivity contribution in [2.75, 3.05) is 0 Å². The quantitative estimate of drug-likeness (QED) is 0.681. The van der Waals surface area contributed by atoms with Crippen LogP contribution in [0.3, 0.4) is 0 Å². The van der Waals surface area contributed by atoms with Crippen molar-refractivity contribution in [3.05, 3.63) is 92.2 Å². The van der Waals surface area contributed by atoms with Gasteiger partial charge in [0.2, 0.25) is 0 Å². The van der Waals surface area contributed by atoms with Crippen LogP contribution in [0.15, 0.2) is 65.5 Å². The minimum atomic E-state index is -0.343. The number of aromatic nitrogens is 1. The fourth-order valence-electron chi connectivity index (χ4n) is 2.49. The van der Waals surface area contributed by atoms with E-state index in [0.29, 0.717) is 15.7 Å². The Bertz CT molecular complexity index is 985. The molecule has 118 valence electrons. The fraction of sp³-hybridized carbons (Fsp3) is 0.0526. The van der Waals surface area contributed by atoms with E-state index in [1.54, 1.807) is 28.8 Å². The summed E-state index contributed by atoms with van der Waals surface area (Å²) >= 11 is 12.2. The summed E-state index contributed by atoms with van der Waals surface area (Å²) in [6.45, 7) is 0.284. The highest BCUT2D eigenvalue weighted by Crippen LogP contribution is 2.23. The lowest BCUT2D eigenvalue weighted by molar-refractivity contribution is 0.766. The van der Waals surface area contributed by atoms with Gasteiger partial charge in [-0.3, -0.25) is 4.79 Å². The van der Waals surface area contributed by atoms with E-state index in [-0.39, 0.29) is 17.7 Å². The molecule has 0 saturated heterocycles. The van der Waals surface area contributed by atoms with E-state index in [0.717, 1.165) is 11.1 Å². The number of hydrogen-bond donors (Lipinski definition) is 0. The Morgan fingerprint density at radius 1 is 0.958 bits per heavy atom. The molecule has 5 heteroatoms. The first-order valence-corrected chi connectivity index (χ1v) is 7.99. The molecular weight excluding hydrogens is 343 g/mol. The van der Waals surface area contributed by atoms with Crippen LogP contribution in [0.25, 0.3) is 11.3 Å². The standard InChI is InChI=1S/C19H12Cl2N2O/c20-16-8-5-13(6-9-16)18-10-7-14(11-22)19(24)23(18)12-15-3-1-2-4-17(15)21/h1-10H,12H2. The van der Waals surface area contributed by atoms with Crippen molar-refractivity contribution >= 4 is 23.2 Å². The summed E-state index contributed by atoms with van der Waals surface area (Å²) in [5.41, 5.74) is 2.11. The van der Waals surface area contributed by atoms with Crippen LogP contribution < -0.4 is 5.56 Å². The van der Waals surface area contributed by atoms with Gasteiger partial charge in [0, 0.05) is 10.0 Å². The van der Waals surface area contributed by atoms with Gasteiger partial charge in [-0.2, -0.15) is 5.26 Å². The van der Waals surface area contributed by atoms with Gasteiger partial charge < -0.3 is 4.57 Å². The summed E-state index contributed by atoms with van der Waals surface area (Å²) < 4.78 is 1.56. The number of nitriles is 1. The van der Waals surface area contributed by atoms with E-state index in [9.17, 15) is 4.79 Å². The number of hydrogen-bond acceptors (Lipinski definition) is 2. The highest BCUT2D eigenvalue weighted by molar-refractivity contribution is 6.31. The number of benzene rings is 2. The predicted octanol–water partition coefficient (Wildman–Crippen LogP) is 4.74. The van der Waals surface area contributed by atoms with Crippen molar-refractivity contribution in [2.45, 2.75) is 6.54 Å². The van der Waals surface area contributed by atoms with Crippen molar-refractivity contribution in [1.29, 1.82) is 5.26 Å². The molecule has 0 aliphatic carbocycles. The van der Waals surface area contributed by atoms with Gasteiger partial charge in [-0.15, -0.1) is 0 Å². The second-order valence-corrected chi connectivity index (χ2v) is 6.08. The number of rotatable bonds is 3. The molecule has 0 fully saturated rings. The molecule has 1 heterocycles. The minimum Gasteiger partial charge on any atom is -0.303 e. The van der Waals surface area contributed by atoms with Crippen LogP contribution >= 0.6 is 23.2 Å². The lowest BCUT2D eigenvalue weighted by Gasteiger charge is -2.14. The molecule has 0 atom stereocenters. The van der Waals surface area contributed by atoms with Crippen molar-refractivity contribution in [1.82, 2.24) is 4.57 Å². The molecule has 3 nitrogen and oxygen atoms in total. The summed E-state index contributed by atoms with van der Waals surface area (Å²) in [5.74, 6) is 0. The molecule has 0 radical (unpaired) electrons. The van der Waals surface area contributed by atoms with Crippen LogP contribution in [0.2, 0.25) is 10.0 Å². The molecule has 2 aromatic carbocycles. The molecule has 0 aliphatic rings. The monoisotopic (exact) mass is 354 g/mol. The highest BCUT2D eigenvalue weighted by atomic mass is 35.5. The Hall–Kier alpha value is -2.54. The van der Waals surface area contributed by atoms with Gasteiger partial charge in [0.25, 0.3) is 5.56 Å². The number of halogens is 2. The summed E-state index contributed by atoms with van der Waals surface area (Å²) in [7, 11) is 0. The smallest absolute Gasteiger partial charge is 0.269 e. The normalized spacial score (nSPS) is 10.4. The summed E-state index contributed by atoms with van der Waals surface area (Å²) in [6.07, 6.45) is 0. The average Bonchev–Trinajstić information content (AvgIpc) is 2.59. The van der Waals surface area contributed by atoms with Gasteiger partial charge in [0.1, 0.15) is 11.6 Å². The van der Waals surface area contributed by atoms with Gasteiger partial charge in [0.05, 0.1) is 12.2 Å². The summed E-state index contributed by atoms with van der Waals surface area (Å²) in [4.78, 5) is 12.6. The molecule has 0 N–H and O–H groups in total. The maximum atomic E-state index is 12.6. The molecule has 0 aliphatic heterocycles. The first-order valence-electron chi connectivity index (χ1n) is 7.23. The second kappa shape index (κ2) is 6.92. The maximum absolute atomic E-state index is 12.6. The van der Waals surface area contributed by atoms with Gasteiger partial charge in [-0.05, 0) is 41.5 Å². The lowest BCUT2D eigenvalue weighted by Crippen LogP contribution is -2.24. The van der Waals surface area contributed by atoms with Crippen LogP contribution in [-0.4, -0.2) is 4.57 Å². The predicted molar refractivity (Wildman–Crippen MR) is 96.4 cm³/mol. The zero-order valence-electron chi connectivity index (χ0n) is 12.5. The highest BCUT2D eigenvalue weighted by Gasteiger charge is 2.12. The van der Waals surface area contributed by atoms with E-state index in [2.05, 4.69) is 0 Å². The van der Waals surface area contributed by atoms with Crippen molar-refractivity contribution in [2.24, 2.45) is 0 Å². The SMILES string of the molecule is N#Cc1ccc(-c2ccc(Cl)cc2)n(Cc2ccccc2Cl)c1=O. The molecule has 0 amide bonds. The largest absolute Gasteiger partial charge is 0.303 e. The Kier molecular flexibility index (Phi) is 4.71. The van der Waals surface area contributed by atoms with E-state index in [1.807, 2.05) is 36.4 Å². The van der Waals surface area contributed by atoms with Gasteiger partial charge in [-0.1, -0.05) is 53.5 Å². The number of nitrogens with zero attached hydrogens (tertiary/aromatic N) is 2. The van der Waals surface area contributed by atoms with Crippen molar-refractivity contribution in [3.63, 3.8) is 0 Å². The number of pyridine rings is 1. The molecule has 0 bridgehead atoms. The first-order chi connectivity index (χ1) is 11.6. The third-order valence-electron chi connectivity index (χ3n) is 3.72. The molecule has 3 rings (SSSR count). The van der Waals surface area contributed by atoms with Crippen LogP contribution in [-0.2, 0) is 6.54 Å². The third kappa shape index (κ3) is 3.21. The summed E-state index contributed by atoms with van der Waals surface area (Å²) in [6, 6.07) is 19.8. The first kappa shape index (κ1) is 16.3. The summed E-state index contributed by atoms with van der Waals surface area (Å²) in [5, 5.41) is 10.4. The van der Waals surface area contributed by atoms with Crippen molar-refractivity contribution < 1.29 is 0 Å². The Balaban J connectivity index is 2.18. The maximum Gasteiger partial charge on any atom is 0.269 e. The van der Waals surface area contributed by atoms with E-state index < -0.39 is 0 Å². The average molecular weight is 355 g/mol. The molecule has 3 aromatic rings. The zero-order chi connectivity index (χ0) is 17.1. The second-order valence-electron chi connectivity index (χ2n) is 5.23. The molecule has 0 spiro atoms. The van der Waals surface area contributed by atoms with E-state index in [1.165, 1.54) is 6.07 Å². The Morgan fingerprint density at radius 2 is 1.67 bits per heavy atom. The Labute approximate surface area is 149 Å². The molecule has 1 aromatic heterocycles. The lowest BCUT2D eigenvalue weighted by atomic mass is 10.1. The van der Waals surface area contributed by atoms with Crippen molar-refractivity contribution in [3.8, 4) is 17.3 Å². The van der Waals surface area contributed by atoms with Crippen LogP contribution in [0, 0.1) is 11.3 Å². The van der Waals surface area contributed by atoms with E-state index >= 15 is 0 Å². The third-order valence-corrected chi connectivity index (χ3v) is 4.34. The fourth-order valence-corrected chi connectivity index (χ4v) is 2.81. The van der Waals surface area contributed by atoms with Crippen LogP contribution in [0.4, 0.5) is 0 Å². The topological polar surface area (TPSA) is 45.8 Å². The Morgan fingerprint density at radius 3 is 2.33 bits per heavy atom.